The van der Waals surface area contributed by atoms with Gasteiger partial charge in [-0.25, -0.2) is 4.79 Å². The zero-order valence-corrected chi connectivity index (χ0v) is 12.3. The van der Waals surface area contributed by atoms with Gasteiger partial charge in [-0.3, -0.25) is 4.57 Å². The summed E-state index contributed by atoms with van der Waals surface area (Å²) in [5.74, 6) is 0. The van der Waals surface area contributed by atoms with E-state index in [9.17, 15) is 9.90 Å². The average Bonchev–Trinajstić information content (AvgIpc) is 2.36. The zero-order valence-electron chi connectivity index (χ0n) is 12.3. The Hall–Kier alpha value is -1.94. The van der Waals surface area contributed by atoms with Crippen molar-refractivity contribution in [1.29, 1.82) is 0 Å². The molecule has 0 spiro atoms. The largest absolute Gasteiger partial charge is 0.387 e. The van der Waals surface area contributed by atoms with Gasteiger partial charge < -0.3 is 5.11 Å². The van der Waals surface area contributed by atoms with Crippen LogP contribution in [-0.4, -0.2) is 14.7 Å². The molecular formula is C16H20N2O2. The van der Waals surface area contributed by atoms with E-state index in [4.69, 9.17) is 0 Å². The molecule has 0 saturated heterocycles. The predicted octanol–water partition coefficient (Wildman–Crippen LogP) is 2.21. The Bertz CT molecular complexity index is 689. The van der Waals surface area contributed by atoms with Gasteiger partial charge in [0, 0.05) is 11.4 Å². The van der Waals surface area contributed by atoms with Crippen LogP contribution >= 0.6 is 0 Å². The minimum atomic E-state index is -0.712. The van der Waals surface area contributed by atoms with Gasteiger partial charge >= 0.3 is 5.69 Å². The normalized spacial score (nSPS) is 12.4. The summed E-state index contributed by atoms with van der Waals surface area (Å²) in [6, 6.07) is 7.80. The Kier molecular flexibility index (Phi) is 4.04. The highest BCUT2D eigenvalue weighted by Gasteiger charge is 2.14. The van der Waals surface area contributed by atoms with Crippen molar-refractivity contribution in [3.63, 3.8) is 0 Å². The molecule has 1 N–H and O–H groups in total. The summed E-state index contributed by atoms with van der Waals surface area (Å²) in [4.78, 5) is 15.8. The van der Waals surface area contributed by atoms with Crippen LogP contribution in [0, 0.1) is 27.7 Å². The van der Waals surface area contributed by atoms with Crippen LogP contribution in [0.25, 0.3) is 0 Å². The maximum Gasteiger partial charge on any atom is 0.348 e. The maximum atomic E-state index is 11.9. The third kappa shape index (κ3) is 2.96. The first-order valence-corrected chi connectivity index (χ1v) is 6.69. The van der Waals surface area contributed by atoms with Gasteiger partial charge in [0.05, 0.1) is 12.6 Å². The SMILES string of the molecule is Cc1ccc(C)c(C(O)Cn2c(C)cc(C)nc2=O)c1. The number of hydrogen-bond donors (Lipinski definition) is 1. The Morgan fingerprint density at radius 2 is 1.90 bits per heavy atom. The highest BCUT2D eigenvalue weighted by molar-refractivity contribution is 5.32. The Morgan fingerprint density at radius 3 is 2.55 bits per heavy atom. The summed E-state index contributed by atoms with van der Waals surface area (Å²) in [7, 11) is 0. The van der Waals surface area contributed by atoms with Crippen LogP contribution in [-0.2, 0) is 6.54 Å². The van der Waals surface area contributed by atoms with Gasteiger partial charge in [-0.2, -0.15) is 4.98 Å². The van der Waals surface area contributed by atoms with Gasteiger partial charge in [-0.05, 0) is 44.9 Å². The van der Waals surface area contributed by atoms with E-state index in [0.29, 0.717) is 5.69 Å². The minimum Gasteiger partial charge on any atom is -0.387 e. The van der Waals surface area contributed by atoms with E-state index in [1.54, 1.807) is 6.92 Å². The van der Waals surface area contributed by atoms with Gasteiger partial charge in [0.15, 0.2) is 0 Å². The molecule has 2 aromatic rings. The third-order valence-corrected chi connectivity index (χ3v) is 3.50. The molecule has 0 aliphatic carbocycles. The molecule has 0 bridgehead atoms. The first-order chi connectivity index (χ1) is 9.38. The van der Waals surface area contributed by atoms with Crippen molar-refractivity contribution in [3.8, 4) is 0 Å². The fraction of sp³-hybridized carbons (Fsp3) is 0.375. The number of aliphatic hydroxyl groups is 1. The number of benzene rings is 1. The molecule has 106 valence electrons. The van der Waals surface area contributed by atoms with Crippen molar-refractivity contribution >= 4 is 0 Å². The fourth-order valence-electron chi connectivity index (χ4n) is 2.39. The Balaban J connectivity index is 2.35. The van der Waals surface area contributed by atoms with Crippen molar-refractivity contribution in [2.45, 2.75) is 40.3 Å². The summed E-state index contributed by atoms with van der Waals surface area (Å²) in [5.41, 5.74) is 4.17. The lowest BCUT2D eigenvalue weighted by Gasteiger charge is -2.17. The summed E-state index contributed by atoms with van der Waals surface area (Å²) >= 11 is 0. The zero-order chi connectivity index (χ0) is 14.9. The van der Waals surface area contributed by atoms with Gasteiger partial charge in [0.1, 0.15) is 0 Å². The van der Waals surface area contributed by atoms with Gasteiger partial charge in [-0.15, -0.1) is 0 Å². The Morgan fingerprint density at radius 1 is 1.20 bits per heavy atom. The summed E-state index contributed by atoms with van der Waals surface area (Å²) in [5, 5.41) is 10.4. The van der Waals surface area contributed by atoms with Crippen LogP contribution in [0.2, 0.25) is 0 Å². The van der Waals surface area contributed by atoms with Crippen molar-refractivity contribution < 1.29 is 5.11 Å². The number of aryl methyl sites for hydroxylation is 4. The Labute approximate surface area is 118 Å². The lowest BCUT2D eigenvalue weighted by Crippen LogP contribution is -2.28. The molecule has 0 fully saturated rings. The molecule has 0 saturated carbocycles. The molecule has 2 rings (SSSR count). The molecule has 1 heterocycles. The number of rotatable bonds is 3. The van der Waals surface area contributed by atoms with E-state index < -0.39 is 6.10 Å². The number of aromatic nitrogens is 2. The van der Waals surface area contributed by atoms with E-state index in [2.05, 4.69) is 4.98 Å². The molecule has 1 atom stereocenters. The van der Waals surface area contributed by atoms with Gasteiger partial charge in [0.2, 0.25) is 0 Å². The summed E-state index contributed by atoms with van der Waals surface area (Å²) < 4.78 is 1.51. The second-order valence-electron chi connectivity index (χ2n) is 5.31. The highest BCUT2D eigenvalue weighted by atomic mass is 16.3. The number of aliphatic hydroxyl groups excluding tert-OH is 1. The molecule has 20 heavy (non-hydrogen) atoms. The van der Waals surface area contributed by atoms with Crippen LogP contribution in [0.1, 0.15) is 34.2 Å². The molecular weight excluding hydrogens is 252 g/mol. The van der Waals surface area contributed by atoms with Crippen LogP contribution in [0.5, 0.6) is 0 Å². The van der Waals surface area contributed by atoms with Crippen molar-refractivity contribution in [1.82, 2.24) is 9.55 Å². The smallest absolute Gasteiger partial charge is 0.348 e. The van der Waals surface area contributed by atoms with Crippen LogP contribution < -0.4 is 5.69 Å². The maximum absolute atomic E-state index is 11.9. The lowest BCUT2D eigenvalue weighted by molar-refractivity contribution is 0.153. The molecule has 1 aromatic carbocycles. The fourth-order valence-corrected chi connectivity index (χ4v) is 2.39. The molecule has 4 heteroatoms. The molecule has 4 nitrogen and oxygen atoms in total. The number of hydrogen-bond acceptors (Lipinski definition) is 3. The third-order valence-electron chi connectivity index (χ3n) is 3.50. The standard InChI is InChI=1S/C16H20N2O2/c1-10-5-6-11(2)14(7-10)15(19)9-18-13(4)8-12(3)17-16(18)20/h5-8,15,19H,9H2,1-4H3. The van der Waals surface area contributed by atoms with E-state index >= 15 is 0 Å². The van der Waals surface area contributed by atoms with Crippen molar-refractivity contribution in [3.05, 3.63) is 62.8 Å². The quantitative estimate of drug-likeness (QED) is 0.932. The molecule has 0 amide bonds. The van der Waals surface area contributed by atoms with Gasteiger partial charge in [0.25, 0.3) is 0 Å². The first-order valence-electron chi connectivity index (χ1n) is 6.69. The predicted molar refractivity (Wildman–Crippen MR) is 78.8 cm³/mol. The molecule has 0 radical (unpaired) electrons. The van der Waals surface area contributed by atoms with E-state index in [1.165, 1.54) is 4.57 Å². The monoisotopic (exact) mass is 272 g/mol. The minimum absolute atomic E-state index is 0.224. The summed E-state index contributed by atoms with van der Waals surface area (Å²) in [6.45, 7) is 7.82. The van der Waals surface area contributed by atoms with E-state index in [0.717, 1.165) is 22.4 Å². The summed E-state index contributed by atoms with van der Waals surface area (Å²) in [6.07, 6.45) is -0.712. The average molecular weight is 272 g/mol. The second-order valence-corrected chi connectivity index (χ2v) is 5.31. The molecule has 1 unspecified atom stereocenters. The molecule has 0 aliphatic rings. The van der Waals surface area contributed by atoms with Crippen LogP contribution in [0.3, 0.4) is 0 Å². The highest BCUT2D eigenvalue weighted by Crippen LogP contribution is 2.20. The van der Waals surface area contributed by atoms with Crippen molar-refractivity contribution in [2.75, 3.05) is 0 Å². The van der Waals surface area contributed by atoms with E-state index in [1.807, 2.05) is 45.0 Å². The van der Waals surface area contributed by atoms with E-state index in [-0.39, 0.29) is 12.2 Å². The second kappa shape index (κ2) is 5.59. The molecule has 1 aromatic heterocycles. The van der Waals surface area contributed by atoms with Gasteiger partial charge in [-0.1, -0.05) is 23.8 Å². The van der Waals surface area contributed by atoms with Crippen molar-refractivity contribution in [2.24, 2.45) is 0 Å². The van der Waals surface area contributed by atoms with Crippen LogP contribution in [0.15, 0.2) is 29.1 Å². The lowest BCUT2D eigenvalue weighted by atomic mass is 10.0. The first kappa shape index (κ1) is 14.5. The molecule has 0 aliphatic heterocycles. The topological polar surface area (TPSA) is 55.1 Å². The van der Waals surface area contributed by atoms with Crippen LogP contribution in [0.4, 0.5) is 0 Å². The number of nitrogens with zero attached hydrogens (tertiary/aromatic N) is 2.